The van der Waals surface area contributed by atoms with Gasteiger partial charge in [0.2, 0.25) is 0 Å². The van der Waals surface area contributed by atoms with Gasteiger partial charge >= 0.3 is 0 Å². The molecule has 0 aliphatic heterocycles. The van der Waals surface area contributed by atoms with Gasteiger partial charge in [-0.1, -0.05) is 38.3 Å². The molecular formula is C18H23NO2. The second kappa shape index (κ2) is 7.58. The number of unbranched alkanes of at least 4 members (excludes halogenated alkanes) is 3. The van der Waals surface area contributed by atoms with E-state index in [1.165, 1.54) is 19.3 Å². The van der Waals surface area contributed by atoms with Crippen molar-refractivity contribution in [2.24, 2.45) is 0 Å². The Kier molecular flexibility index (Phi) is 5.50. The molecule has 0 saturated carbocycles. The van der Waals surface area contributed by atoms with Crippen molar-refractivity contribution in [2.45, 2.75) is 39.0 Å². The molecule has 0 radical (unpaired) electrons. The average Bonchev–Trinajstić information content (AvgIpc) is 2.46. The number of phenolic OH excluding ortho intramolecular Hbond substituents is 1. The maximum Gasteiger partial charge on any atom is 0.169 e. The van der Waals surface area contributed by atoms with E-state index in [4.69, 9.17) is 10.5 Å². The third-order valence-corrected chi connectivity index (χ3v) is 3.43. The summed E-state index contributed by atoms with van der Waals surface area (Å²) in [5.41, 5.74) is 7.49. The fourth-order valence-corrected chi connectivity index (χ4v) is 2.27. The van der Waals surface area contributed by atoms with Crippen molar-refractivity contribution in [1.82, 2.24) is 0 Å². The quantitative estimate of drug-likeness (QED) is 0.562. The lowest BCUT2D eigenvalue weighted by Crippen LogP contribution is -1.90. The molecule has 0 aliphatic rings. The van der Waals surface area contributed by atoms with Crippen molar-refractivity contribution in [3.8, 4) is 17.2 Å². The van der Waals surface area contributed by atoms with Gasteiger partial charge in [-0.05, 0) is 42.7 Å². The van der Waals surface area contributed by atoms with E-state index in [0.717, 1.165) is 18.4 Å². The molecule has 0 bridgehead atoms. The number of nitrogen functional groups attached to an aromatic ring is 1. The van der Waals surface area contributed by atoms with Crippen LogP contribution in [0.15, 0.2) is 42.5 Å². The molecule has 0 heterocycles. The Hall–Kier alpha value is -2.16. The Morgan fingerprint density at radius 1 is 1.05 bits per heavy atom. The van der Waals surface area contributed by atoms with Gasteiger partial charge in [0.15, 0.2) is 11.5 Å². The van der Waals surface area contributed by atoms with Crippen LogP contribution in [0.2, 0.25) is 0 Å². The zero-order chi connectivity index (χ0) is 15.1. The summed E-state index contributed by atoms with van der Waals surface area (Å²) in [4.78, 5) is 0. The predicted molar refractivity (Wildman–Crippen MR) is 86.9 cm³/mol. The van der Waals surface area contributed by atoms with Crippen LogP contribution in [-0.4, -0.2) is 5.11 Å². The van der Waals surface area contributed by atoms with Gasteiger partial charge in [0.05, 0.1) is 0 Å². The monoisotopic (exact) mass is 285 g/mol. The second-order valence-corrected chi connectivity index (χ2v) is 5.29. The Labute approximate surface area is 126 Å². The van der Waals surface area contributed by atoms with Gasteiger partial charge in [-0.15, -0.1) is 0 Å². The summed E-state index contributed by atoms with van der Waals surface area (Å²) >= 11 is 0. The lowest BCUT2D eigenvalue weighted by atomic mass is 10.1. The third-order valence-electron chi connectivity index (χ3n) is 3.43. The van der Waals surface area contributed by atoms with Gasteiger partial charge in [0, 0.05) is 11.8 Å². The minimum atomic E-state index is 0.172. The van der Waals surface area contributed by atoms with E-state index in [0.29, 0.717) is 17.2 Å². The lowest BCUT2D eigenvalue weighted by Gasteiger charge is -2.10. The fraction of sp³-hybridized carbons (Fsp3) is 0.333. The molecule has 0 fully saturated rings. The van der Waals surface area contributed by atoms with Crippen LogP contribution in [0.5, 0.6) is 17.2 Å². The SMILES string of the molecule is CCCCCCc1ccc(Oc2cccc(N)c2)c(O)c1. The molecule has 0 amide bonds. The summed E-state index contributed by atoms with van der Waals surface area (Å²) in [5, 5.41) is 10.1. The van der Waals surface area contributed by atoms with Crippen molar-refractivity contribution in [2.75, 3.05) is 5.73 Å². The Morgan fingerprint density at radius 3 is 2.62 bits per heavy atom. The standard InChI is InChI=1S/C18H23NO2/c1-2-3-4-5-7-14-10-11-18(17(20)12-14)21-16-9-6-8-15(19)13-16/h6,8-13,20H,2-5,7,19H2,1H3. The highest BCUT2D eigenvalue weighted by Crippen LogP contribution is 2.32. The predicted octanol–water partition coefficient (Wildman–Crippen LogP) is 4.89. The summed E-state index contributed by atoms with van der Waals surface area (Å²) in [7, 11) is 0. The normalized spacial score (nSPS) is 10.5. The first-order valence-corrected chi connectivity index (χ1v) is 7.54. The van der Waals surface area contributed by atoms with Crippen LogP contribution in [0.3, 0.4) is 0 Å². The molecule has 0 unspecified atom stereocenters. The number of ether oxygens (including phenoxy) is 1. The smallest absolute Gasteiger partial charge is 0.169 e. The third kappa shape index (κ3) is 4.71. The average molecular weight is 285 g/mol. The molecule has 0 spiro atoms. The Balaban J connectivity index is 1.98. The van der Waals surface area contributed by atoms with E-state index in [1.807, 2.05) is 24.3 Å². The van der Waals surface area contributed by atoms with Gasteiger partial charge in [-0.25, -0.2) is 0 Å². The molecule has 0 saturated heterocycles. The van der Waals surface area contributed by atoms with Gasteiger partial charge in [-0.3, -0.25) is 0 Å². The molecule has 0 aliphatic carbocycles. The van der Waals surface area contributed by atoms with Crippen LogP contribution < -0.4 is 10.5 Å². The molecule has 0 aromatic heterocycles. The number of benzene rings is 2. The minimum Gasteiger partial charge on any atom is -0.504 e. The summed E-state index contributed by atoms with van der Waals surface area (Å²) in [6, 6.07) is 12.8. The molecular weight excluding hydrogens is 262 g/mol. The summed E-state index contributed by atoms with van der Waals surface area (Å²) in [6.07, 6.45) is 5.88. The van der Waals surface area contributed by atoms with Crippen molar-refractivity contribution < 1.29 is 9.84 Å². The largest absolute Gasteiger partial charge is 0.504 e. The highest BCUT2D eigenvalue weighted by Gasteiger charge is 2.05. The van der Waals surface area contributed by atoms with E-state index in [-0.39, 0.29) is 5.75 Å². The molecule has 2 aromatic carbocycles. The van der Waals surface area contributed by atoms with Crippen LogP contribution in [0.4, 0.5) is 5.69 Å². The summed E-state index contributed by atoms with van der Waals surface area (Å²) in [6.45, 7) is 2.20. The minimum absolute atomic E-state index is 0.172. The highest BCUT2D eigenvalue weighted by atomic mass is 16.5. The molecule has 3 nitrogen and oxygen atoms in total. The number of anilines is 1. The fourth-order valence-electron chi connectivity index (χ4n) is 2.27. The molecule has 3 N–H and O–H groups in total. The van der Waals surface area contributed by atoms with E-state index < -0.39 is 0 Å². The van der Waals surface area contributed by atoms with Gasteiger partial charge in [0.25, 0.3) is 0 Å². The number of hydrogen-bond acceptors (Lipinski definition) is 3. The zero-order valence-corrected chi connectivity index (χ0v) is 12.5. The van der Waals surface area contributed by atoms with Crippen LogP contribution in [0, 0.1) is 0 Å². The zero-order valence-electron chi connectivity index (χ0n) is 12.5. The highest BCUT2D eigenvalue weighted by molar-refractivity contribution is 5.48. The number of aryl methyl sites for hydroxylation is 1. The molecule has 21 heavy (non-hydrogen) atoms. The number of phenols is 1. The Bertz CT molecular complexity index is 581. The number of aromatic hydroxyl groups is 1. The van der Waals surface area contributed by atoms with Gasteiger partial charge in [-0.2, -0.15) is 0 Å². The lowest BCUT2D eigenvalue weighted by molar-refractivity contribution is 0.410. The first-order chi connectivity index (χ1) is 10.2. The van der Waals surface area contributed by atoms with Gasteiger partial charge < -0.3 is 15.6 Å². The van der Waals surface area contributed by atoms with Crippen molar-refractivity contribution in [3.63, 3.8) is 0 Å². The maximum absolute atomic E-state index is 10.1. The van der Waals surface area contributed by atoms with E-state index >= 15 is 0 Å². The van der Waals surface area contributed by atoms with Crippen molar-refractivity contribution in [1.29, 1.82) is 0 Å². The number of rotatable bonds is 7. The summed E-state index contributed by atoms with van der Waals surface area (Å²) in [5.74, 6) is 1.25. The summed E-state index contributed by atoms with van der Waals surface area (Å²) < 4.78 is 5.66. The molecule has 2 rings (SSSR count). The van der Waals surface area contributed by atoms with Crippen LogP contribution in [0.1, 0.15) is 38.2 Å². The molecule has 2 aromatic rings. The van der Waals surface area contributed by atoms with Crippen LogP contribution >= 0.6 is 0 Å². The van der Waals surface area contributed by atoms with Crippen molar-refractivity contribution in [3.05, 3.63) is 48.0 Å². The first-order valence-electron chi connectivity index (χ1n) is 7.54. The van der Waals surface area contributed by atoms with Crippen LogP contribution in [0.25, 0.3) is 0 Å². The molecule has 112 valence electrons. The van der Waals surface area contributed by atoms with Gasteiger partial charge in [0.1, 0.15) is 5.75 Å². The Morgan fingerprint density at radius 2 is 1.90 bits per heavy atom. The van der Waals surface area contributed by atoms with E-state index in [1.54, 1.807) is 18.2 Å². The molecule has 3 heteroatoms. The number of nitrogens with two attached hydrogens (primary N) is 1. The van der Waals surface area contributed by atoms with Crippen molar-refractivity contribution >= 4 is 5.69 Å². The number of hydrogen-bond donors (Lipinski definition) is 2. The molecule has 0 atom stereocenters. The van der Waals surface area contributed by atoms with Crippen LogP contribution in [-0.2, 0) is 6.42 Å². The van der Waals surface area contributed by atoms with E-state index in [2.05, 4.69) is 6.92 Å². The maximum atomic E-state index is 10.1. The second-order valence-electron chi connectivity index (χ2n) is 5.29. The topological polar surface area (TPSA) is 55.5 Å². The van der Waals surface area contributed by atoms with E-state index in [9.17, 15) is 5.11 Å². The first kappa shape index (κ1) is 15.2.